The minimum Gasteiger partial charge on any atom is -0.355 e. The third-order valence-electron chi connectivity index (χ3n) is 2.91. The molecule has 19 heavy (non-hydrogen) atoms. The number of anilines is 2. The fourth-order valence-corrected chi connectivity index (χ4v) is 1.88. The molecule has 0 bridgehead atoms. The molecule has 0 aliphatic heterocycles. The summed E-state index contributed by atoms with van der Waals surface area (Å²) in [4.78, 5) is 0. The van der Waals surface area contributed by atoms with Gasteiger partial charge in [-0.1, -0.05) is 31.2 Å². The average Bonchev–Trinajstić information content (AvgIpc) is 2.47. The summed E-state index contributed by atoms with van der Waals surface area (Å²) in [6.45, 7) is 2.11. The fraction of sp³-hybridized carbons (Fsp3) is 0.133. The molecule has 96 valence electrons. The number of hydrogen-bond donors (Lipinski definition) is 3. The predicted octanol–water partition coefficient (Wildman–Crippen LogP) is 4.35. The minimum atomic E-state index is -0.0465. The van der Waals surface area contributed by atoms with Crippen LogP contribution in [0.5, 0.6) is 0 Å². The molecule has 0 radical (unpaired) electrons. The lowest BCUT2D eigenvalue weighted by molar-refractivity contribution is 1.14. The van der Waals surface area contributed by atoms with Crippen molar-refractivity contribution in [3.05, 3.63) is 59.7 Å². The van der Waals surface area contributed by atoms with E-state index in [9.17, 15) is 0 Å². The van der Waals surface area contributed by atoms with Crippen molar-refractivity contribution >= 4 is 17.2 Å². The Balaban J connectivity index is 2.32. The molecule has 4 heteroatoms. The summed E-state index contributed by atoms with van der Waals surface area (Å²) in [6.07, 6.45) is 0.981. The first kappa shape index (κ1) is 13.0. The average molecular weight is 252 g/mol. The van der Waals surface area contributed by atoms with Gasteiger partial charge >= 0.3 is 0 Å². The zero-order valence-electron chi connectivity index (χ0n) is 10.8. The van der Waals surface area contributed by atoms with E-state index in [2.05, 4.69) is 29.5 Å². The molecule has 0 unspecified atom stereocenters. The smallest absolute Gasteiger partial charge is 0.175 e. The van der Waals surface area contributed by atoms with Gasteiger partial charge in [-0.25, -0.2) is 5.53 Å². The Morgan fingerprint density at radius 1 is 1.16 bits per heavy atom. The first-order valence-corrected chi connectivity index (χ1v) is 6.16. The maximum absolute atomic E-state index is 7.67. The Hall–Kier alpha value is -2.49. The number of hydrogen-bond acceptors (Lipinski definition) is 3. The summed E-state index contributed by atoms with van der Waals surface area (Å²) in [5.41, 5.74) is 10.6. The van der Waals surface area contributed by atoms with Crippen LogP contribution in [0.1, 0.15) is 18.1 Å². The van der Waals surface area contributed by atoms with Crippen LogP contribution in [0.3, 0.4) is 0 Å². The highest BCUT2D eigenvalue weighted by atomic mass is 15.0. The van der Waals surface area contributed by atoms with Gasteiger partial charge in [0.15, 0.2) is 5.84 Å². The van der Waals surface area contributed by atoms with Gasteiger partial charge in [-0.05, 0) is 36.2 Å². The predicted molar refractivity (Wildman–Crippen MR) is 77.5 cm³/mol. The lowest BCUT2D eigenvalue weighted by Gasteiger charge is -2.11. The molecular weight excluding hydrogens is 236 g/mol. The number of benzene rings is 2. The molecule has 0 aromatic heterocycles. The van der Waals surface area contributed by atoms with E-state index in [1.165, 1.54) is 5.56 Å². The highest BCUT2D eigenvalue weighted by Crippen LogP contribution is 2.22. The Kier molecular flexibility index (Phi) is 4.03. The third-order valence-corrected chi connectivity index (χ3v) is 2.91. The number of rotatable bonds is 4. The van der Waals surface area contributed by atoms with E-state index < -0.39 is 0 Å². The van der Waals surface area contributed by atoms with Crippen LogP contribution in [0.15, 0.2) is 53.6 Å². The van der Waals surface area contributed by atoms with Gasteiger partial charge < -0.3 is 5.32 Å². The Morgan fingerprint density at radius 3 is 2.68 bits per heavy atom. The van der Waals surface area contributed by atoms with E-state index in [0.717, 1.165) is 17.8 Å². The fourth-order valence-electron chi connectivity index (χ4n) is 1.88. The summed E-state index contributed by atoms with van der Waals surface area (Å²) in [7, 11) is 0. The topological polar surface area (TPSA) is 72.1 Å². The van der Waals surface area contributed by atoms with E-state index in [4.69, 9.17) is 10.9 Å². The van der Waals surface area contributed by atoms with Crippen LogP contribution < -0.4 is 5.32 Å². The zero-order chi connectivity index (χ0) is 13.7. The number of nitrogens with one attached hydrogen (secondary N) is 3. The van der Waals surface area contributed by atoms with E-state index in [1.807, 2.05) is 30.3 Å². The van der Waals surface area contributed by atoms with Gasteiger partial charge in [0.1, 0.15) is 0 Å². The number of amidine groups is 1. The summed E-state index contributed by atoms with van der Waals surface area (Å²) >= 11 is 0. The Labute approximate surface area is 112 Å². The molecule has 2 rings (SSSR count). The zero-order valence-corrected chi connectivity index (χ0v) is 10.8. The van der Waals surface area contributed by atoms with Crippen molar-refractivity contribution in [3.63, 3.8) is 0 Å². The molecule has 2 aromatic rings. The van der Waals surface area contributed by atoms with Crippen LogP contribution >= 0.6 is 0 Å². The van der Waals surface area contributed by atoms with Crippen LogP contribution in [0.4, 0.5) is 11.4 Å². The normalized spacial score (nSPS) is 9.95. The molecule has 0 atom stereocenters. The van der Waals surface area contributed by atoms with E-state index in [0.29, 0.717) is 5.56 Å². The molecule has 0 aliphatic carbocycles. The molecule has 0 fully saturated rings. The van der Waals surface area contributed by atoms with Crippen LogP contribution in [0.25, 0.3) is 0 Å². The van der Waals surface area contributed by atoms with E-state index in [-0.39, 0.29) is 5.84 Å². The van der Waals surface area contributed by atoms with Crippen LogP contribution in [0.2, 0.25) is 0 Å². The van der Waals surface area contributed by atoms with Gasteiger partial charge in [-0.2, -0.15) is 0 Å². The molecule has 0 heterocycles. The van der Waals surface area contributed by atoms with Gasteiger partial charge in [0.05, 0.1) is 0 Å². The highest BCUT2D eigenvalue weighted by molar-refractivity contribution is 6.02. The second-order valence-corrected chi connectivity index (χ2v) is 4.18. The first-order valence-electron chi connectivity index (χ1n) is 6.16. The second-order valence-electron chi connectivity index (χ2n) is 4.18. The highest BCUT2D eigenvalue weighted by Gasteiger charge is 2.06. The molecule has 3 N–H and O–H groups in total. The lowest BCUT2D eigenvalue weighted by atomic mass is 10.1. The first-order chi connectivity index (χ1) is 9.24. The quantitative estimate of drug-likeness (QED) is 0.422. The lowest BCUT2D eigenvalue weighted by Crippen LogP contribution is -2.01. The molecular formula is C15H16N4. The number of para-hydroxylation sites is 1. The van der Waals surface area contributed by atoms with Crippen molar-refractivity contribution < 1.29 is 0 Å². The molecule has 0 spiro atoms. The molecule has 4 nitrogen and oxygen atoms in total. The van der Waals surface area contributed by atoms with Gasteiger partial charge in [0.2, 0.25) is 0 Å². The van der Waals surface area contributed by atoms with E-state index >= 15 is 0 Å². The van der Waals surface area contributed by atoms with Crippen molar-refractivity contribution in [2.45, 2.75) is 13.3 Å². The third kappa shape index (κ3) is 3.04. The summed E-state index contributed by atoms with van der Waals surface area (Å²) in [6, 6.07) is 15.5. The van der Waals surface area contributed by atoms with Gasteiger partial charge in [-0.15, -0.1) is 5.11 Å². The largest absolute Gasteiger partial charge is 0.355 e. The van der Waals surface area contributed by atoms with Gasteiger partial charge in [0, 0.05) is 16.9 Å². The Bertz CT molecular complexity index is 605. The molecule has 0 amide bonds. The van der Waals surface area contributed by atoms with Crippen molar-refractivity contribution in [1.82, 2.24) is 0 Å². The monoisotopic (exact) mass is 252 g/mol. The maximum Gasteiger partial charge on any atom is 0.175 e. The maximum atomic E-state index is 7.67. The molecule has 0 saturated carbocycles. The number of nitrogens with zero attached hydrogens (tertiary/aromatic N) is 1. The molecule has 2 aromatic carbocycles. The van der Waals surface area contributed by atoms with Crippen LogP contribution in [0, 0.1) is 10.9 Å². The summed E-state index contributed by atoms with van der Waals surface area (Å²) in [5.74, 6) is -0.0465. The van der Waals surface area contributed by atoms with Crippen molar-refractivity contribution in [2.75, 3.05) is 5.32 Å². The summed E-state index contributed by atoms with van der Waals surface area (Å²) < 4.78 is 0. The summed E-state index contributed by atoms with van der Waals surface area (Å²) in [5, 5.41) is 14.1. The van der Waals surface area contributed by atoms with Crippen LogP contribution in [-0.2, 0) is 6.42 Å². The molecule has 0 aliphatic rings. The second kappa shape index (κ2) is 5.91. The SMILES string of the molecule is CCc1cccc(Nc2ccccc2C(=N)N=N)c1. The standard InChI is InChI=1S/C15H16N4/c1-2-11-6-5-7-12(10-11)18-14-9-4-3-8-13(14)15(16)19-17/h3-10,16-18H,2H2,1H3. The van der Waals surface area contributed by atoms with Crippen LogP contribution in [-0.4, -0.2) is 5.84 Å². The minimum absolute atomic E-state index is 0.0465. The van der Waals surface area contributed by atoms with Crippen molar-refractivity contribution in [1.29, 1.82) is 10.9 Å². The van der Waals surface area contributed by atoms with Gasteiger partial charge in [0.25, 0.3) is 0 Å². The Morgan fingerprint density at radius 2 is 1.95 bits per heavy atom. The van der Waals surface area contributed by atoms with Crippen molar-refractivity contribution in [2.24, 2.45) is 5.11 Å². The van der Waals surface area contributed by atoms with Gasteiger partial charge in [-0.3, -0.25) is 5.41 Å². The van der Waals surface area contributed by atoms with E-state index in [1.54, 1.807) is 6.07 Å². The molecule has 0 saturated heterocycles. The van der Waals surface area contributed by atoms with Crippen molar-refractivity contribution in [3.8, 4) is 0 Å². The number of aryl methyl sites for hydroxylation is 1.